The van der Waals surface area contributed by atoms with Crippen molar-refractivity contribution in [3.8, 4) is 0 Å². The Labute approximate surface area is 217 Å². The van der Waals surface area contributed by atoms with Crippen molar-refractivity contribution in [2.45, 2.75) is 33.2 Å². The van der Waals surface area contributed by atoms with Gasteiger partial charge in [-0.3, -0.25) is 0 Å². The van der Waals surface area contributed by atoms with Gasteiger partial charge in [0.05, 0.1) is 5.52 Å². The first-order valence-electron chi connectivity index (χ1n) is 11.2. The number of aromatic nitrogens is 1. The maximum atomic E-state index is 14.6. The Morgan fingerprint density at radius 3 is 2.11 bits per heavy atom. The molecule has 1 aromatic heterocycles. The number of rotatable bonds is 7. The third-order valence-electron chi connectivity index (χ3n) is 6.43. The number of nitrogens with zero attached hydrogens (tertiary/aromatic N) is 2. The molecule has 1 aliphatic rings. The summed E-state index contributed by atoms with van der Waals surface area (Å²) in [6.45, 7) is -0.917. The number of sulfone groups is 1. The summed E-state index contributed by atoms with van der Waals surface area (Å²) in [7, 11) is -13.3. The highest BCUT2D eigenvalue weighted by Gasteiger charge is 2.46. The van der Waals surface area contributed by atoms with Crippen molar-refractivity contribution in [2.24, 2.45) is 13.0 Å². The topological polar surface area (TPSA) is 123 Å². The highest BCUT2D eigenvalue weighted by Crippen LogP contribution is 2.38. The van der Waals surface area contributed by atoms with Crippen LogP contribution in [0.4, 0.5) is 17.6 Å². The number of hydrogen-bond acceptors (Lipinski definition) is 6. The molecule has 2 aromatic carbocycles. The van der Waals surface area contributed by atoms with E-state index in [2.05, 4.69) is 0 Å². The first kappa shape index (κ1) is 28.5. The first-order valence-corrected chi connectivity index (χ1v) is 15.6. The van der Waals surface area contributed by atoms with Gasteiger partial charge < -0.3 is 4.57 Å². The van der Waals surface area contributed by atoms with E-state index in [4.69, 9.17) is 0 Å². The Kier molecular flexibility index (Phi) is 7.42. The van der Waals surface area contributed by atoms with E-state index in [0.717, 1.165) is 16.4 Å². The molecule has 0 atom stereocenters. The van der Waals surface area contributed by atoms with Crippen molar-refractivity contribution in [2.75, 3.05) is 19.6 Å². The Hall–Kier alpha value is -2.53. The number of sulfonamides is 2. The molecular formula is C22H23F4N3O6S3. The quantitative estimate of drug-likeness (QED) is 0.418. The molecule has 0 spiro atoms. The maximum Gasteiger partial charge on any atom is 0.511 e. The van der Waals surface area contributed by atoms with Gasteiger partial charge in [-0.1, -0.05) is 30.3 Å². The zero-order chi connectivity index (χ0) is 28.1. The van der Waals surface area contributed by atoms with Gasteiger partial charge >= 0.3 is 15.5 Å². The number of alkyl halides is 3. The third kappa shape index (κ3) is 4.95. The molecule has 2 heterocycles. The largest absolute Gasteiger partial charge is 0.511 e. The lowest BCUT2D eigenvalue weighted by molar-refractivity contribution is -0.0448. The molecular weight excluding hydrogens is 574 g/mol. The molecule has 0 unspecified atom stereocenters. The lowest BCUT2D eigenvalue weighted by Gasteiger charge is -2.31. The van der Waals surface area contributed by atoms with E-state index >= 15 is 0 Å². The summed E-state index contributed by atoms with van der Waals surface area (Å²) in [6.07, 6.45) is 0.0535. The number of piperidine rings is 1. The van der Waals surface area contributed by atoms with Crippen LogP contribution in [0.15, 0.2) is 63.3 Å². The molecule has 0 amide bonds. The number of nitrogens with one attached hydrogen (secondary N) is 1. The lowest BCUT2D eigenvalue weighted by Crippen LogP contribution is -2.44. The fourth-order valence-electron chi connectivity index (χ4n) is 4.44. The SMILES string of the molecule is Cn1c(S(=O)(=O)N2CCC(CNS(=O)(=O)C(F)(F)F)CC2)c(S(=O)(=O)c2ccccc2F)c2ccccc21. The van der Waals surface area contributed by atoms with Crippen molar-refractivity contribution in [1.82, 2.24) is 13.6 Å². The number of benzene rings is 2. The van der Waals surface area contributed by atoms with Gasteiger partial charge in [-0.05, 0) is 37.0 Å². The monoisotopic (exact) mass is 597 g/mol. The summed E-state index contributed by atoms with van der Waals surface area (Å²) < 4.78 is 133. The van der Waals surface area contributed by atoms with Crippen molar-refractivity contribution < 1.29 is 42.8 Å². The second-order valence-electron chi connectivity index (χ2n) is 8.79. The van der Waals surface area contributed by atoms with Gasteiger partial charge in [0.15, 0.2) is 5.03 Å². The molecule has 1 fully saturated rings. The van der Waals surface area contributed by atoms with Gasteiger partial charge in [0.1, 0.15) is 15.6 Å². The number of aryl methyl sites for hydroxylation is 1. The molecule has 9 nitrogen and oxygen atoms in total. The minimum Gasteiger partial charge on any atom is -0.332 e. The second-order valence-corrected chi connectivity index (χ2v) is 14.3. The Morgan fingerprint density at radius 2 is 1.50 bits per heavy atom. The predicted octanol–water partition coefficient (Wildman–Crippen LogP) is 2.99. The molecule has 208 valence electrons. The second kappa shape index (κ2) is 9.89. The number of fused-ring (bicyclic) bond motifs is 1. The highest BCUT2D eigenvalue weighted by molar-refractivity contribution is 7.93. The molecule has 1 saturated heterocycles. The van der Waals surface area contributed by atoms with Crippen LogP contribution in [-0.4, -0.2) is 59.3 Å². The molecule has 3 aromatic rings. The molecule has 38 heavy (non-hydrogen) atoms. The number of halogens is 4. The van der Waals surface area contributed by atoms with Crippen LogP contribution < -0.4 is 4.72 Å². The van der Waals surface area contributed by atoms with E-state index in [0.29, 0.717) is 0 Å². The Balaban J connectivity index is 1.70. The van der Waals surface area contributed by atoms with Gasteiger partial charge in [0, 0.05) is 32.1 Å². The van der Waals surface area contributed by atoms with E-state index in [1.54, 1.807) is 6.07 Å². The summed E-state index contributed by atoms with van der Waals surface area (Å²) >= 11 is 0. The van der Waals surface area contributed by atoms with E-state index in [1.807, 2.05) is 0 Å². The van der Waals surface area contributed by atoms with Crippen LogP contribution in [0.3, 0.4) is 0 Å². The van der Waals surface area contributed by atoms with Crippen LogP contribution in [0.25, 0.3) is 10.9 Å². The molecule has 0 radical (unpaired) electrons. The molecule has 0 saturated carbocycles. The zero-order valence-corrected chi connectivity index (χ0v) is 22.3. The van der Waals surface area contributed by atoms with Crippen molar-refractivity contribution >= 4 is 40.8 Å². The van der Waals surface area contributed by atoms with Crippen LogP contribution in [0, 0.1) is 11.7 Å². The summed E-state index contributed by atoms with van der Waals surface area (Å²) in [5.41, 5.74) is -5.19. The standard InChI is InChI=1S/C22H23F4N3O6S3/c1-28-18-8-4-2-6-16(18)20(36(30,31)19-9-5-3-7-17(19)23)21(28)37(32,33)29-12-10-15(11-13-29)14-27-38(34,35)22(24,25)26/h2-9,15,27H,10-14H2,1H3. The first-order chi connectivity index (χ1) is 17.6. The van der Waals surface area contributed by atoms with Gasteiger partial charge in [-0.2, -0.15) is 17.5 Å². The summed E-state index contributed by atoms with van der Waals surface area (Å²) in [5.74, 6) is -1.63. The van der Waals surface area contributed by atoms with Crippen molar-refractivity contribution in [3.05, 3.63) is 54.3 Å². The molecule has 4 rings (SSSR count). The molecule has 1 aliphatic heterocycles. The fourth-order valence-corrected chi connectivity index (χ4v) is 9.06. The van der Waals surface area contributed by atoms with E-state index in [1.165, 1.54) is 46.7 Å². The van der Waals surface area contributed by atoms with Crippen LogP contribution >= 0.6 is 0 Å². The average Bonchev–Trinajstić information content (AvgIpc) is 3.16. The normalized spacial score (nSPS) is 16.8. The number of hydrogen-bond donors (Lipinski definition) is 1. The van der Waals surface area contributed by atoms with Gasteiger partial charge in [-0.25, -0.2) is 34.4 Å². The minimum atomic E-state index is -5.54. The highest BCUT2D eigenvalue weighted by atomic mass is 32.2. The Morgan fingerprint density at radius 1 is 0.921 bits per heavy atom. The van der Waals surface area contributed by atoms with Crippen LogP contribution in [0.1, 0.15) is 12.8 Å². The van der Waals surface area contributed by atoms with Gasteiger partial charge in [0.25, 0.3) is 10.0 Å². The fraction of sp³-hybridized carbons (Fsp3) is 0.364. The van der Waals surface area contributed by atoms with E-state index in [9.17, 15) is 42.8 Å². The van der Waals surface area contributed by atoms with E-state index < -0.39 is 68.5 Å². The van der Waals surface area contributed by atoms with Crippen LogP contribution in [-0.2, 0) is 36.9 Å². The lowest BCUT2D eigenvalue weighted by atomic mass is 9.99. The smallest absolute Gasteiger partial charge is 0.332 e. The summed E-state index contributed by atoms with van der Waals surface area (Å²) in [5, 5.41) is -0.494. The van der Waals surface area contributed by atoms with E-state index in [-0.39, 0.29) is 36.8 Å². The summed E-state index contributed by atoms with van der Waals surface area (Å²) in [4.78, 5) is -1.27. The van der Waals surface area contributed by atoms with Gasteiger partial charge in [0.2, 0.25) is 9.84 Å². The predicted molar refractivity (Wildman–Crippen MR) is 129 cm³/mol. The molecule has 1 N–H and O–H groups in total. The Bertz CT molecular complexity index is 1690. The van der Waals surface area contributed by atoms with Crippen LogP contribution in [0.2, 0.25) is 0 Å². The number of para-hydroxylation sites is 1. The molecule has 16 heteroatoms. The minimum absolute atomic E-state index is 0.0267. The average molecular weight is 598 g/mol. The van der Waals surface area contributed by atoms with Crippen molar-refractivity contribution in [1.29, 1.82) is 0 Å². The maximum absolute atomic E-state index is 14.6. The molecule has 0 bridgehead atoms. The summed E-state index contributed by atoms with van der Waals surface area (Å²) in [6, 6.07) is 10.6. The van der Waals surface area contributed by atoms with Crippen LogP contribution in [0.5, 0.6) is 0 Å². The zero-order valence-electron chi connectivity index (χ0n) is 19.8. The van der Waals surface area contributed by atoms with Crippen molar-refractivity contribution in [3.63, 3.8) is 0 Å². The third-order valence-corrected chi connectivity index (χ3v) is 11.6. The molecule has 0 aliphatic carbocycles. The van der Waals surface area contributed by atoms with Gasteiger partial charge in [-0.15, -0.1) is 0 Å².